The van der Waals surface area contributed by atoms with Gasteiger partial charge in [0.05, 0.1) is 6.20 Å². The largest absolute Gasteiger partial charge is 0.480 e. The summed E-state index contributed by atoms with van der Waals surface area (Å²) in [6.07, 6.45) is 2.32. The third kappa shape index (κ3) is 3.44. The average Bonchev–Trinajstić information content (AvgIpc) is 2.97. The van der Waals surface area contributed by atoms with Gasteiger partial charge in [-0.1, -0.05) is 0 Å². The third-order valence-corrected chi connectivity index (χ3v) is 4.79. The summed E-state index contributed by atoms with van der Waals surface area (Å²) in [6, 6.07) is 1.47. The van der Waals surface area contributed by atoms with E-state index in [1.54, 1.807) is 6.92 Å². The van der Waals surface area contributed by atoms with Crippen molar-refractivity contribution in [2.24, 2.45) is 0 Å². The van der Waals surface area contributed by atoms with E-state index in [1.807, 2.05) is 16.8 Å². The lowest BCUT2D eigenvalue weighted by molar-refractivity contribution is -0.137. The minimum Gasteiger partial charge on any atom is -0.480 e. The Labute approximate surface area is 119 Å². The van der Waals surface area contributed by atoms with E-state index in [0.717, 1.165) is 16.4 Å². The summed E-state index contributed by atoms with van der Waals surface area (Å²) < 4.78 is 27.8. The zero-order valence-electron chi connectivity index (χ0n) is 10.6. The molecule has 0 bridgehead atoms. The van der Waals surface area contributed by atoms with Crippen molar-refractivity contribution in [3.63, 3.8) is 0 Å². The number of nitrogens with zero attached hydrogens (tertiary/aromatic N) is 2. The van der Waals surface area contributed by atoms with Crippen LogP contribution in [0.25, 0.3) is 0 Å². The monoisotopic (exact) mass is 315 g/mol. The van der Waals surface area contributed by atoms with Crippen molar-refractivity contribution in [2.45, 2.75) is 24.4 Å². The van der Waals surface area contributed by atoms with Crippen molar-refractivity contribution in [1.82, 2.24) is 14.5 Å². The summed E-state index contributed by atoms with van der Waals surface area (Å²) in [4.78, 5) is 10.5. The molecule has 0 radical (unpaired) electrons. The van der Waals surface area contributed by atoms with Gasteiger partial charge in [-0.15, -0.1) is 0 Å². The Bertz CT molecular complexity index is 691. The molecule has 2 N–H and O–H groups in total. The van der Waals surface area contributed by atoms with Gasteiger partial charge in [0.1, 0.15) is 11.4 Å². The number of aliphatic carboxylic acids is 1. The second-order valence-corrected chi connectivity index (χ2v) is 6.66. The van der Waals surface area contributed by atoms with Crippen LogP contribution < -0.4 is 4.72 Å². The van der Waals surface area contributed by atoms with Gasteiger partial charge in [0.25, 0.3) is 0 Å². The average molecular weight is 315 g/mol. The first-order valence-corrected chi connectivity index (χ1v) is 8.10. The SMILES string of the molecule is CC(NS(=O)(=O)c1cnn(CC(=O)O)c1)c1ccsc1. The molecular formula is C11H13N3O4S2. The first kappa shape index (κ1) is 14.7. The maximum Gasteiger partial charge on any atom is 0.325 e. The molecule has 0 fully saturated rings. The van der Waals surface area contributed by atoms with Gasteiger partial charge in [0.15, 0.2) is 0 Å². The van der Waals surface area contributed by atoms with Gasteiger partial charge in [-0.05, 0) is 29.3 Å². The normalized spacial score (nSPS) is 13.2. The molecule has 0 aliphatic rings. The maximum atomic E-state index is 12.1. The van der Waals surface area contributed by atoms with E-state index in [0.29, 0.717) is 0 Å². The van der Waals surface area contributed by atoms with Gasteiger partial charge < -0.3 is 5.11 Å². The van der Waals surface area contributed by atoms with Crippen LogP contribution in [-0.4, -0.2) is 29.3 Å². The lowest BCUT2D eigenvalue weighted by Crippen LogP contribution is -2.26. The molecule has 1 atom stereocenters. The minimum absolute atomic E-state index is 0.0548. The number of carboxylic acids is 1. The van der Waals surface area contributed by atoms with Crippen LogP contribution in [-0.2, 0) is 21.4 Å². The molecule has 0 aromatic carbocycles. The van der Waals surface area contributed by atoms with Crippen molar-refractivity contribution < 1.29 is 18.3 Å². The van der Waals surface area contributed by atoms with Crippen molar-refractivity contribution >= 4 is 27.3 Å². The molecule has 0 saturated carbocycles. The molecule has 20 heavy (non-hydrogen) atoms. The number of carbonyl (C=O) groups is 1. The zero-order valence-corrected chi connectivity index (χ0v) is 12.2. The second-order valence-electron chi connectivity index (χ2n) is 4.17. The smallest absolute Gasteiger partial charge is 0.325 e. The fourth-order valence-corrected chi connectivity index (χ4v) is 3.54. The molecule has 1 unspecified atom stereocenters. The highest BCUT2D eigenvalue weighted by atomic mass is 32.2. The number of sulfonamides is 1. The Morgan fingerprint density at radius 3 is 2.95 bits per heavy atom. The molecule has 2 rings (SSSR count). The third-order valence-electron chi connectivity index (χ3n) is 2.59. The van der Waals surface area contributed by atoms with Crippen LogP contribution in [0.2, 0.25) is 0 Å². The van der Waals surface area contributed by atoms with E-state index in [1.165, 1.54) is 17.5 Å². The topological polar surface area (TPSA) is 101 Å². The van der Waals surface area contributed by atoms with Gasteiger partial charge in [-0.25, -0.2) is 13.1 Å². The highest BCUT2D eigenvalue weighted by Gasteiger charge is 2.20. The summed E-state index contributed by atoms with van der Waals surface area (Å²) in [5, 5.41) is 16.1. The van der Waals surface area contributed by atoms with E-state index >= 15 is 0 Å². The fourth-order valence-electron chi connectivity index (χ4n) is 1.60. The van der Waals surface area contributed by atoms with Crippen molar-refractivity contribution in [3.8, 4) is 0 Å². The van der Waals surface area contributed by atoms with Crippen LogP contribution in [0.5, 0.6) is 0 Å². The quantitative estimate of drug-likeness (QED) is 0.830. The van der Waals surface area contributed by atoms with Crippen LogP contribution >= 0.6 is 11.3 Å². The minimum atomic E-state index is -3.72. The number of rotatable bonds is 6. The lowest BCUT2D eigenvalue weighted by Gasteiger charge is -2.11. The molecule has 0 aliphatic carbocycles. The van der Waals surface area contributed by atoms with E-state index < -0.39 is 16.0 Å². The number of thiophene rings is 1. The Morgan fingerprint density at radius 1 is 1.60 bits per heavy atom. The molecule has 2 aromatic rings. The van der Waals surface area contributed by atoms with Gasteiger partial charge in [-0.2, -0.15) is 16.4 Å². The molecule has 0 saturated heterocycles. The van der Waals surface area contributed by atoms with Gasteiger partial charge in [-0.3, -0.25) is 9.48 Å². The number of nitrogens with one attached hydrogen (secondary N) is 1. The Hall–Kier alpha value is -1.71. The van der Waals surface area contributed by atoms with Gasteiger partial charge in [0.2, 0.25) is 10.0 Å². The van der Waals surface area contributed by atoms with Gasteiger partial charge in [0, 0.05) is 12.2 Å². The van der Waals surface area contributed by atoms with E-state index in [-0.39, 0.29) is 17.5 Å². The zero-order chi connectivity index (χ0) is 14.8. The first-order valence-electron chi connectivity index (χ1n) is 5.67. The lowest BCUT2D eigenvalue weighted by atomic mass is 10.2. The molecule has 2 heterocycles. The summed E-state index contributed by atoms with van der Waals surface area (Å²) >= 11 is 1.48. The summed E-state index contributed by atoms with van der Waals surface area (Å²) in [5.74, 6) is -1.09. The predicted octanol–water partition coefficient (Wildman–Crippen LogP) is 1.07. The van der Waals surface area contributed by atoms with Gasteiger partial charge >= 0.3 is 5.97 Å². The number of aromatic nitrogens is 2. The number of hydrogen-bond acceptors (Lipinski definition) is 5. The Kier molecular flexibility index (Phi) is 4.21. The molecule has 0 aliphatic heterocycles. The Morgan fingerprint density at radius 2 is 2.35 bits per heavy atom. The van der Waals surface area contributed by atoms with Crippen LogP contribution in [0.4, 0.5) is 0 Å². The van der Waals surface area contributed by atoms with Crippen LogP contribution in [0.15, 0.2) is 34.1 Å². The first-order chi connectivity index (χ1) is 9.38. The summed E-state index contributed by atoms with van der Waals surface area (Å²) in [7, 11) is -3.72. The molecule has 108 valence electrons. The molecule has 9 heteroatoms. The fraction of sp³-hybridized carbons (Fsp3) is 0.273. The second kappa shape index (κ2) is 5.73. The Balaban J connectivity index is 2.14. The highest BCUT2D eigenvalue weighted by Crippen LogP contribution is 2.18. The standard InChI is InChI=1S/C11H13N3O4S2/c1-8(9-2-3-19-7-9)13-20(17,18)10-4-12-14(5-10)6-11(15)16/h2-5,7-8,13H,6H2,1H3,(H,15,16). The summed E-state index contributed by atoms with van der Waals surface area (Å²) in [5.41, 5.74) is 0.872. The van der Waals surface area contributed by atoms with Crippen LogP contribution in [0.3, 0.4) is 0 Å². The highest BCUT2D eigenvalue weighted by molar-refractivity contribution is 7.89. The van der Waals surface area contributed by atoms with E-state index in [9.17, 15) is 13.2 Å². The van der Waals surface area contributed by atoms with E-state index in [2.05, 4.69) is 9.82 Å². The van der Waals surface area contributed by atoms with Crippen LogP contribution in [0.1, 0.15) is 18.5 Å². The number of hydrogen-bond donors (Lipinski definition) is 2. The maximum absolute atomic E-state index is 12.1. The van der Waals surface area contributed by atoms with Crippen molar-refractivity contribution in [2.75, 3.05) is 0 Å². The molecule has 7 nitrogen and oxygen atoms in total. The van der Waals surface area contributed by atoms with Crippen molar-refractivity contribution in [3.05, 3.63) is 34.8 Å². The molecule has 2 aromatic heterocycles. The molecular weight excluding hydrogens is 302 g/mol. The predicted molar refractivity (Wildman–Crippen MR) is 72.9 cm³/mol. The summed E-state index contributed by atoms with van der Waals surface area (Å²) in [6.45, 7) is 1.36. The van der Waals surface area contributed by atoms with Crippen molar-refractivity contribution in [1.29, 1.82) is 0 Å². The van der Waals surface area contributed by atoms with E-state index in [4.69, 9.17) is 5.11 Å². The molecule has 0 amide bonds. The van der Waals surface area contributed by atoms with Crippen LogP contribution in [0, 0.1) is 0 Å². The number of carboxylic acid groups (broad SMARTS) is 1. The molecule has 0 spiro atoms.